The number of hydrogen-bond acceptors (Lipinski definition) is 4. The number of ether oxygens (including phenoxy) is 1. The number of fused-ring (bicyclic) bond motifs is 16. The maximum Gasteiger partial charge on any atom is 0.253 e. The molecule has 6 heteroatoms. The van der Waals surface area contributed by atoms with E-state index in [1.165, 1.54) is 99.5 Å². The van der Waals surface area contributed by atoms with E-state index < -0.39 is 0 Å². The van der Waals surface area contributed by atoms with Crippen molar-refractivity contribution in [3.63, 3.8) is 0 Å². The van der Waals surface area contributed by atoms with Gasteiger partial charge in [-0.3, -0.25) is 0 Å². The maximum atomic E-state index is 7.10. The highest BCUT2D eigenvalue weighted by Crippen LogP contribution is 2.52. The first kappa shape index (κ1) is 33.2. The molecule has 5 heterocycles. The summed E-state index contributed by atoms with van der Waals surface area (Å²) in [5.41, 5.74) is 10.3. The average molecular weight is 776 g/mol. The summed E-state index contributed by atoms with van der Waals surface area (Å²) in [6, 6.07) is 45.9. The summed E-state index contributed by atoms with van der Waals surface area (Å²) in [6.45, 7) is 13.9. The Morgan fingerprint density at radius 3 is 1.82 bits per heavy atom. The van der Waals surface area contributed by atoms with E-state index in [-0.39, 0.29) is 17.5 Å². The molecule has 3 aromatic heterocycles. The predicted molar refractivity (Wildman–Crippen MR) is 246 cm³/mol. The second-order valence-electron chi connectivity index (χ2n) is 17.7. The van der Waals surface area contributed by atoms with Gasteiger partial charge < -0.3 is 9.30 Å². The third-order valence-electron chi connectivity index (χ3n) is 12.2. The molecule has 12 rings (SSSR count). The number of benzene rings is 7. The van der Waals surface area contributed by atoms with Crippen LogP contribution >= 0.6 is 34.4 Å². The van der Waals surface area contributed by atoms with Gasteiger partial charge in [-0.2, -0.15) is 0 Å². The van der Waals surface area contributed by atoms with Crippen LogP contribution in [0.3, 0.4) is 0 Å². The standard InChI is InChI=1S/C50H38BNOS3/c1-49(2,3)27-19-21-36-33(23-27)51-34-24-28(50(4,5)6)20-22-40(34)54-41-26-29(25-37(53-36)45(41)51)52-35-16-10-7-13-30(35)42-46(52)43-31-14-8-11-17-38(31)55-48(43)44-32-15-9-12-18-39(32)56-47(42)44/h7-26H,1-6H3. The van der Waals surface area contributed by atoms with Gasteiger partial charge in [0.05, 0.1) is 16.7 Å². The smallest absolute Gasteiger partial charge is 0.253 e. The van der Waals surface area contributed by atoms with Crippen molar-refractivity contribution in [2.45, 2.75) is 62.2 Å². The summed E-state index contributed by atoms with van der Waals surface area (Å²) in [5, 5.41) is 8.01. The van der Waals surface area contributed by atoms with Crippen LogP contribution in [0, 0.1) is 0 Å². The zero-order valence-electron chi connectivity index (χ0n) is 32.2. The molecular formula is C50H38BNOS3. The maximum absolute atomic E-state index is 7.10. The molecule has 2 aliphatic rings. The van der Waals surface area contributed by atoms with Gasteiger partial charge in [0, 0.05) is 67.0 Å². The van der Waals surface area contributed by atoms with E-state index in [0.717, 1.165) is 17.2 Å². The van der Waals surface area contributed by atoms with Crippen molar-refractivity contribution in [2.24, 2.45) is 0 Å². The second-order valence-corrected chi connectivity index (χ2v) is 20.9. The Labute approximate surface area is 338 Å². The van der Waals surface area contributed by atoms with Crippen molar-refractivity contribution in [1.29, 1.82) is 0 Å². The Bertz CT molecular complexity index is 3230. The first-order valence-corrected chi connectivity index (χ1v) is 22.0. The molecule has 7 aromatic carbocycles. The number of hydrogen-bond donors (Lipinski definition) is 0. The molecule has 0 bridgehead atoms. The molecule has 2 nitrogen and oxygen atoms in total. The zero-order valence-corrected chi connectivity index (χ0v) is 34.7. The molecule has 0 aliphatic carbocycles. The summed E-state index contributed by atoms with van der Waals surface area (Å²) in [7, 11) is 0. The third kappa shape index (κ3) is 4.52. The van der Waals surface area contributed by atoms with Crippen molar-refractivity contribution in [3.8, 4) is 17.2 Å². The minimum absolute atomic E-state index is 0.0228. The van der Waals surface area contributed by atoms with Crippen LogP contribution in [-0.2, 0) is 10.8 Å². The predicted octanol–water partition coefficient (Wildman–Crippen LogP) is 13.2. The van der Waals surface area contributed by atoms with Crippen molar-refractivity contribution in [2.75, 3.05) is 0 Å². The van der Waals surface area contributed by atoms with Crippen LogP contribution in [-0.4, -0.2) is 11.3 Å². The minimum atomic E-state index is 0.0228. The van der Waals surface area contributed by atoms with E-state index in [9.17, 15) is 0 Å². The number of nitrogens with zero attached hydrogens (tertiary/aromatic N) is 1. The van der Waals surface area contributed by atoms with Crippen molar-refractivity contribution in [1.82, 2.24) is 4.57 Å². The largest absolute Gasteiger partial charge is 0.458 e. The Morgan fingerprint density at radius 1 is 0.536 bits per heavy atom. The Balaban J connectivity index is 1.20. The van der Waals surface area contributed by atoms with Gasteiger partial charge in [0.2, 0.25) is 0 Å². The first-order valence-electron chi connectivity index (χ1n) is 19.5. The molecule has 0 spiro atoms. The molecule has 270 valence electrons. The van der Waals surface area contributed by atoms with Crippen LogP contribution in [0.15, 0.2) is 131 Å². The van der Waals surface area contributed by atoms with Crippen molar-refractivity contribution >= 4 is 120 Å². The van der Waals surface area contributed by atoms with Gasteiger partial charge in [-0.1, -0.05) is 138 Å². The average Bonchev–Trinajstić information content (AvgIpc) is 3.86. The highest BCUT2D eigenvalue weighted by molar-refractivity contribution is 8.00. The van der Waals surface area contributed by atoms with Crippen LogP contribution in [0.2, 0.25) is 0 Å². The molecule has 0 fully saturated rings. The molecule has 0 amide bonds. The lowest BCUT2D eigenvalue weighted by molar-refractivity contribution is 0.485. The first-order chi connectivity index (χ1) is 27.0. The normalized spacial score (nSPS) is 13.9. The molecule has 56 heavy (non-hydrogen) atoms. The summed E-state index contributed by atoms with van der Waals surface area (Å²) in [4.78, 5) is 2.60. The van der Waals surface area contributed by atoms with Crippen molar-refractivity contribution < 1.29 is 4.74 Å². The van der Waals surface area contributed by atoms with E-state index in [2.05, 4.69) is 167 Å². The third-order valence-corrected chi connectivity index (χ3v) is 15.7. The highest BCUT2D eigenvalue weighted by Gasteiger charge is 2.41. The van der Waals surface area contributed by atoms with Gasteiger partial charge >= 0.3 is 0 Å². The van der Waals surface area contributed by atoms with Crippen LogP contribution in [0.1, 0.15) is 52.7 Å². The van der Waals surface area contributed by atoms with E-state index in [1.807, 2.05) is 34.4 Å². The van der Waals surface area contributed by atoms with E-state index in [1.54, 1.807) is 0 Å². The topological polar surface area (TPSA) is 14.2 Å². The minimum Gasteiger partial charge on any atom is -0.458 e. The number of thiophene rings is 2. The summed E-state index contributed by atoms with van der Waals surface area (Å²) in [5.74, 6) is 1.91. The lowest BCUT2D eigenvalue weighted by Crippen LogP contribution is -2.58. The molecule has 0 N–H and O–H groups in total. The Hall–Kier alpha value is -5.01. The fourth-order valence-corrected chi connectivity index (χ4v) is 13.2. The number of rotatable bonds is 1. The zero-order chi connectivity index (χ0) is 37.8. The Morgan fingerprint density at radius 2 is 1.12 bits per heavy atom. The molecule has 0 unspecified atom stereocenters. The van der Waals surface area contributed by atoms with E-state index in [0.29, 0.717) is 0 Å². The quantitative estimate of drug-likeness (QED) is 0.154. The van der Waals surface area contributed by atoms with E-state index in [4.69, 9.17) is 4.74 Å². The van der Waals surface area contributed by atoms with Crippen LogP contribution in [0.4, 0.5) is 0 Å². The summed E-state index contributed by atoms with van der Waals surface area (Å²) in [6.07, 6.45) is 0. The van der Waals surface area contributed by atoms with Crippen LogP contribution in [0.25, 0.3) is 67.8 Å². The molecule has 0 saturated carbocycles. The molecule has 0 radical (unpaired) electrons. The summed E-state index contributed by atoms with van der Waals surface area (Å²) < 4.78 is 15.0. The highest BCUT2D eigenvalue weighted by atomic mass is 32.2. The molecule has 0 atom stereocenters. The Kier molecular flexibility index (Phi) is 6.70. The number of aromatic nitrogens is 1. The molecular weight excluding hydrogens is 738 g/mol. The second kappa shape index (κ2) is 11.3. The van der Waals surface area contributed by atoms with Gasteiger partial charge in [-0.25, -0.2) is 0 Å². The van der Waals surface area contributed by atoms with Gasteiger partial charge in [0.1, 0.15) is 11.5 Å². The van der Waals surface area contributed by atoms with Crippen LogP contribution in [0.5, 0.6) is 11.5 Å². The monoisotopic (exact) mass is 775 g/mol. The molecule has 2 aliphatic heterocycles. The van der Waals surface area contributed by atoms with Crippen LogP contribution < -0.4 is 21.1 Å². The van der Waals surface area contributed by atoms with E-state index >= 15 is 0 Å². The van der Waals surface area contributed by atoms with Gasteiger partial charge in [0.25, 0.3) is 6.71 Å². The SMILES string of the molecule is CC(C)(C)c1ccc2c(c1)B1c3cc(C(C)(C)C)ccc3Sc3cc(-n4c5ccccc5c5c6sc7ccccc7c6c6sc7ccccc7c6c54)cc(c31)O2. The lowest BCUT2D eigenvalue weighted by Gasteiger charge is -2.35. The van der Waals surface area contributed by atoms with Gasteiger partial charge in [-0.15, -0.1) is 22.7 Å². The number of para-hydroxylation sites is 1. The lowest BCUT2D eigenvalue weighted by atomic mass is 9.35. The molecule has 10 aromatic rings. The fraction of sp³-hybridized carbons (Fsp3) is 0.160. The van der Waals surface area contributed by atoms with Gasteiger partial charge in [-0.05, 0) is 69.3 Å². The fourth-order valence-electron chi connectivity index (χ4n) is 9.43. The van der Waals surface area contributed by atoms with Crippen molar-refractivity contribution in [3.05, 3.63) is 132 Å². The van der Waals surface area contributed by atoms with Gasteiger partial charge in [0.15, 0.2) is 0 Å². The molecule has 0 saturated heterocycles. The summed E-state index contributed by atoms with van der Waals surface area (Å²) >= 11 is 5.77.